The molecule has 0 saturated carbocycles. The third-order valence-electron chi connectivity index (χ3n) is 4.24. The smallest absolute Gasteiger partial charge is 0.167 e. The van der Waals surface area contributed by atoms with Gasteiger partial charge < -0.3 is 35.1 Å². The van der Waals surface area contributed by atoms with Crippen LogP contribution in [0.15, 0.2) is 18.8 Å². The molecule has 0 radical (unpaired) electrons. The van der Waals surface area contributed by atoms with Gasteiger partial charge in [0.05, 0.1) is 25.4 Å². The van der Waals surface area contributed by atoms with E-state index in [-0.39, 0.29) is 5.82 Å². The average molecular weight is 336 g/mol. The zero-order valence-electron chi connectivity index (χ0n) is 13.3. The second kappa shape index (κ2) is 6.02. The molecule has 1 aliphatic rings. The van der Waals surface area contributed by atoms with Crippen molar-refractivity contribution < 1.29 is 24.8 Å². The van der Waals surface area contributed by atoms with Crippen LogP contribution in [0.4, 0.5) is 5.82 Å². The van der Waals surface area contributed by atoms with Gasteiger partial charge in [0, 0.05) is 11.8 Å². The Balaban J connectivity index is 2.17. The quantitative estimate of drug-likeness (QED) is 0.555. The van der Waals surface area contributed by atoms with Crippen LogP contribution < -0.4 is 5.73 Å². The van der Waals surface area contributed by atoms with Crippen molar-refractivity contribution in [2.45, 2.75) is 31.0 Å². The third-order valence-corrected chi connectivity index (χ3v) is 4.24. The van der Waals surface area contributed by atoms with E-state index in [0.717, 1.165) is 0 Å². The monoisotopic (exact) mass is 336 g/mol. The topological polar surface area (TPSA) is 136 Å². The fourth-order valence-electron chi connectivity index (χ4n) is 2.97. The Kier molecular flexibility index (Phi) is 4.18. The molecule has 24 heavy (non-hydrogen) atoms. The number of nitrogen functional groups attached to an aromatic ring is 1. The molecule has 2 unspecified atom stereocenters. The second-order valence-corrected chi connectivity index (χ2v) is 5.87. The SMILES string of the molecule is CO/C=C\c1cn(C2OC(CO)[C@@H](O)[C@@]2(C)O)c2ncnc(N)c12. The van der Waals surface area contributed by atoms with Gasteiger partial charge in [-0.1, -0.05) is 0 Å². The third kappa shape index (κ3) is 2.42. The summed E-state index contributed by atoms with van der Waals surface area (Å²) in [6.45, 7) is 1.03. The number of rotatable bonds is 4. The van der Waals surface area contributed by atoms with Crippen molar-refractivity contribution in [3.8, 4) is 0 Å². The first kappa shape index (κ1) is 16.7. The fourth-order valence-corrected chi connectivity index (χ4v) is 2.97. The van der Waals surface area contributed by atoms with Crippen LogP contribution in [-0.2, 0) is 9.47 Å². The summed E-state index contributed by atoms with van der Waals surface area (Å²) in [6.07, 6.45) is 3.04. The van der Waals surface area contributed by atoms with E-state index in [4.69, 9.17) is 15.2 Å². The summed E-state index contributed by atoms with van der Waals surface area (Å²) in [4.78, 5) is 8.20. The molecule has 5 N–H and O–H groups in total. The highest BCUT2D eigenvalue weighted by molar-refractivity contribution is 5.94. The first-order valence-electron chi connectivity index (χ1n) is 7.39. The van der Waals surface area contributed by atoms with E-state index >= 15 is 0 Å². The number of aliphatic hydroxyl groups excluding tert-OH is 2. The van der Waals surface area contributed by atoms with Crippen molar-refractivity contribution in [2.24, 2.45) is 0 Å². The van der Waals surface area contributed by atoms with E-state index in [0.29, 0.717) is 16.6 Å². The van der Waals surface area contributed by atoms with Gasteiger partial charge in [-0.3, -0.25) is 0 Å². The maximum atomic E-state index is 10.7. The standard InChI is InChI=1S/C15H20N4O5/c1-15(22)11(21)9(6-20)24-14(15)19-5-8(3-4-23-2)10-12(16)17-7-18-13(10)19/h3-5,7,9,11,14,20-22H,6H2,1-2H3,(H2,16,17,18)/b4-3-/t9?,11-,14?,15-/m1/s1. The molecular formula is C15H20N4O5. The molecule has 0 bridgehead atoms. The maximum Gasteiger partial charge on any atom is 0.167 e. The molecule has 4 atom stereocenters. The Morgan fingerprint density at radius 3 is 2.88 bits per heavy atom. The Morgan fingerprint density at radius 2 is 2.25 bits per heavy atom. The number of methoxy groups -OCH3 is 1. The highest BCUT2D eigenvalue weighted by atomic mass is 16.6. The first-order chi connectivity index (χ1) is 11.4. The summed E-state index contributed by atoms with van der Waals surface area (Å²) < 4.78 is 12.2. The van der Waals surface area contributed by atoms with Crippen LogP contribution in [0.1, 0.15) is 18.7 Å². The van der Waals surface area contributed by atoms with Gasteiger partial charge in [0.2, 0.25) is 0 Å². The number of nitrogens with two attached hydrogens (primary N) is 1. The van der Waals surface area contributed by atoms with Gasteiger partial charge in [-0.05, 0) is 13.0 Å². The number of nitrogens with zero attached hydrogens (tertiary/aromatic N) is 3. The summed E-state index contributed by atoms with van der Waals surface area (Å²) in [5.41, 5.74) is 5.45. The van der Waals surface area contributed by atoms with Crippen LogP contribution >= 0.6 is 0 Å². The first-order valence-corrected chi connectivity index (χ1v) is 7.39. The van der Waals surface area contributed by atoms with Crippen LogP contribution in [0.2, 0.25) is 0 Å². The lowest BCUT2D eigenvalue weighted by atomic mass is 9.96. The molecule has 3 rings (SSSR count). The summed E-state index contributed by atoms with van der Waals surface area (Å²) >= 11 is 0. The second-order valence-electron chi connectivity index (χ2n) is 5.87. The van der Waals surface area contributed by atoms with Gasteiger partial charge in [-0.15, -0.1) is 0 Å². The summed E-state index contributed by atoms with van der Waals surface area (Å²) in [5, 5.41) is 30.8. The van der Waals surface area contributed by atoms with Gasteiger partial charge in [-0.2, -0.15) is 0 Å². The van der Waals surface area contributed by atoms with E-state index in [1.165, 1.54) is 26.6 Å². The normalized spacial score (nSPS) is 30.5. The largest absolute Gasteiger partial charge is 0.504 e. The average Bonchev–Trinajstić information content (AvgIpc) is 3.02. The number of hydrogen-bond donors (Lipinski definition) is 4. The van der Waals surface area contributed by atoms with Crippen LogP contribution in [0.25, 0.3) is 17.1 Å². The van der Waals surface area contributed by atoms with Crippen molar-refractivity contribution in [3.05, 3.63) is 24.3 Å². The molecule has 1 aliphatic heterocycles. The molecule has 1 saturated heterocycles. The molecule has 0 spiro atoms. The van der Waals surface area contributed by atoms with Gasteiger partial charge in [0.25, 0.3) is 0 Å². The number of anilines is 1. The highest BCUT2D eigenvalue weighted by Gasteiger charge is 2.53. The number of fused-ring (bicyclic) bond motifs is 1. The van der Waals surface area contributed by atoms with Crippen molar-refractivity contribution in [2.75, 3.05) is 19.5 Å². The number of ether oxygens (including phenoxy) is 2. The zero-order valence-corrected chi connectivity index (χ0v) is 13.3. The molecule has 1 fully saturated rings. The minimum atomic E-state index is -1.62. The lowest BCUT2D eigenvalue weighted by Crippen LogP contribution is -2.44. The van der Waals surface area contributed by atoms with Crippen molar-refractivity contribution in [3.63, 3.8) is 0 Å². The Labute approximate surface area is 138 Å². The Morgan fingerprint density at radius 1 is 1.50 bits per heavy atom. The molecule has 2 aromatic rings. The van der Waals surface area contributed by atoms with Crippen LogP contribution in [-0.4, -0.2) is 61.4 Å². The van der Waals surface area contributed by atoms with Crippen LogP contribution in [0.3, 0.4) is 0 Å². The minimum Gasteiger partial charge on any atom is -0.504 e. The van der Waals surface area contributed by atoms with Gasteiger partial charge in [0.1, 0.15) is 35.6 Å². The molecule has 3 heterocycles. The molecular weight excluding hydrogens is 316 g/mol. The molecule has 130 valence electrons. The minimum absolute atomic E-state index is 0.270. The predicted octanol–water partition coefficient (Wildman–Crippen LogP) is -0.368. The molecule has 9 heteroatoms. The predicted molar refractivity (Wildman–Crippen MR) is 85.6 cm³/mol. The molecule has 2 aromatic heterocycles. The van der Waals surface area contributed by atoms with E-state index in [9.17, 15) is 15.3 Å². The molecule has 0 aromatic carbocycles. The lowest BCUT2D eigenvalue weighted by molar-refractivity contribution is -0.0948. The van der Waals surface area contributed by atoms with Gasteiger partial charge in [-0.25, -0.2) is 9.97 Å². The van der Waals surface area contributed by atoms with E-state index in [1.807, 2.05) is 0 Å². The molecule has 0 amide bonds. The Hall–Kier alpha value is -2.20. The van der Waals surface area contributed by atoms with Crippen LogP contribution in [0.5, 0.6) is 0 Å². The van der Waals surface area contributed by atoms with Crippen molar-refractivity contribution in [1.29, 1.82) is 0 Å². The van der Waals surface area contributed by atoms with E-state index in [1.54, 1.807) is 16.8 Å². The molecule has 9 nitrogen and oxygen atoms in total. The van der Waals surface area contributed by atoms with Crippen molar-refractivity contribution >= 4 is 22.9 Å². The van der Waals surface area contributed by atoms with E-state index in [2.05, 4.69) is 9.97 Å². The fraction of sp³-hybridized carbons (Fsp3) is 0.467. The number of aromatic nitrogens is 3. The van der Waals surface area contributed by atoms with Gasteiger partial charge >= 0.3 is 0 Å². The maximum absolute atomic E-state index is 10.7. The van der Waals surface area contributed by atoms with Gasteiger partial charge in [0.15, 0.2) is 6.23 Å². The van der Waals surface area contributed by atoms with Crippen LogP contribution in [0, 0.1) is 0 Å². The highest BCUT2D eigenvalue weighted by Crippen LogP contribution is 2.40. The summed E-state index contributed by atoms with van der Waals surface area (Å²) in [6, 6.07) is 0. The number of aliphatic hydroxyl groups is 3. The van der Waals surface area contributed by atoms with E-state index < -0.39 is 30.6 Å². The lowest BCUT2D eigenvalue weighted by Gasteiger charge is -2.27. The Bertz CT molecular complexity index is 773. The summed E-state index contributed by atoms with van der Waals surface area (Å²) in [5.74, 6) is 0.270. The zero-order chi connectivity index (χ0) is 17.5. The molecule has 0 aliphatic carbocycles. The van der Waals surface area contributed by atoms with Crippen molar-refractivity contribution in [1.82, 2.24) is 14.5 Å². The number of hydrogen-bond acceptors (Lipinski definition) is 8. The summed E-state index contributed by atoms with van der Waals surface area (Å²) in [7, 11) is 1.52.